The van der Waals surface area contributed by atoms with Crippen LogP contribution in [0.2, 0.25) is 10.2 Å². The van der Waals surface area contributed by atoms with Crippen molar-refractivity contribution in [2.45, 2.75) is 6.92 Å². The van der Waals surface area contributed by atoms with Gasteiger partial charge in [-0.05, 0) is 37.3 Å². The number of halogens is 3. The Balaban J connectivity index is 1.68. The molecule has 1 N–H and O–H groups in total. The lowest BCUT2D eigenvalue weighted by Gasteiger charge is -2.08. The van der Waals surface area contributed by atoms with E-state index in [0.29, 0.717) is 5.69 Å². The molecule has 12 heteroatoms. The quantitative estimate of drug-likeness (QED) is 0.328. The summed E-state index contributed by atoms with van der Waals surface area (Å²) in [6.07, 6.45) is 0. The monoisotopic (exact) mass is 466 g/mol. The van der Waals surface area contributed by atoms with Crippen LogP contribution >= 0.6 is 23.2 Å². The van der Waals surface area contributed by atoms with Crippen LogP contribution in [-0.2, 0) is 9.53 Å². The van der Waals surface area contributed by atoms with E-state index in [1.54, 1.807) is 0 Å². The second-order valence-corrected chi connectivity index (χ2v) is 6.95. The molecule has 9 nitrogen and oxygen atoms in total. The van der Waals surface area contributed by atoms with Crippen LogP contribution in [-0.4, -0.2) is 33.2 Å². The number of nitro groups is 1. The molecule has 0 saturated heterocycles. The van der Waals surface area contributed by atoms with E-state index in [1.165, 1.54) is 48.0 Å². The van der Waals surface area contributed by atoms with Gasteiger partial charge in [-0.2, -0.15) is 5.10 Å². The number of rotatable bonds is 6. The molecule has 160 valence electrons. The van der Waals surface area contributed by atoms with Gasteiger partial charge in [0.05, 0.1) is 27.0 Å². The Morgan fingerprint density at radius 1 is 1.23 bits per heavy atom. The lowest BCUT2D eigenvalue weighted by Crippen LogP contribution is -2.21. The smallest absolute Gasteiger partial charge is 0.343 e. The number of non-ortho nitro benzene ring substituents is 1. The maximum absolute atomic E-state index is 13.1. The number of ether oxygens (including phenoxy) is 1. The largest absolute Gasteiger partial charge is 0.452 e. The van der Waals surface area contributed by atoms with Gasteiger partial charge in [0.2, 0.25) is 0 Å². The highest BCUT2D eigenvalue weighted by molar-refractivity contribution is 6.34. The lowest BCUT2D eigenvalue weighted by atomic mass is 10.2. The number of aromatic nitrogens is 2. The molecule has 31 heavy (non-hydrogen) atoms. The molecule has 0 aliphatic heterocycles. The first-order chi connectivity index (χ1) is 14.7. The van der Waals surface area contributed by atoms with E-state index in [0.717, 1.165) is 6.07 Å². The summed E-state index contributed by atoms with van der Waals surface area (Å²) in [7, 11) is 0. The number of nitrogens with zero attached hydrogens (tertiary/aromatic N) is 3. The third-order valence-corrected chi connectivity index (χ3v) is 4.71. The number of hydrogen-bond acceptors (Lipinski definition) is 6. The summed E-state index contributed by atoms with van der Waals surface area (Å²) in [6, 6.07) is 8.81. The first-order valence-corrected chi connectivity index (χ1v) is 9.35. The topological polar surface area (TPSA) is 116 Å². The van der Waals surface area contributed by atoms with E-state index in [1.807, 2.05) is 0 Å². The Morgan fingerprint density at radius 2 is 1.90 bits per heavy atom. The maximum Gasteiger partial charge on any atom is 0.343 e. The molecular weight excluding hydrogens is 454 g/mol. The Kier molecular flexibility index (Phi) is 6.52. The highest BCUT2D eigenvalue weighted by Gasteiger charge is 2.23. The normalized spacial score (nSPS) is 10.6. The predicted molar refractivity (Wildman–Crippen MR) is 110 cm³/mol. The van der Waals surface area contributed by atoms with E-state index < -0.39 is 29.2 Å². The Morgan fingerprint density at radius 3 is 2.52 bits per heavy atom. The predicted octanol–water partition coefficient (Wildman–Crippen LogP) is 4.33. The second kappa shape index (κ2) is 9.11. The molecule has 0 aliphatic carbocycles. The number of esters is 1. The summed E-state index contributed by atoms with van der Waals surface area (Å²) < 4.78 is 19.3. The number of anilines is 1. The van der Waals surface area contributed by atoms with Crippen molar-refractivity contribution >= 4 is 46.5 Å². The van der Waals surface area contributed by atoms with Crippen molar-refractivity contribution in [2.24, 2.45) is 0 Å². The number of aryl methyl sites for hydroxylation is 1. The van der Waals surface area contributed by atoms with Gasteiger partial charge in [0, 0.05) is 12.1 Å². The number of carbonyl (C=O) groups excluding carboxylic acids is 2. The molecule has 2 aromatic carbocycles. The van der Waals surface area contributed by atoms with E-state index in [9.17, 15) is 24.1 Å². The Labute approximate surface area is 184 Å². The van der Waals surface area contributed by atoms with E-state index in [4.69, 9.17) is 27.9 Å². The zero-order valence-corrected chi connectivity index (χ0v) is 17.3. The molecule has 0 radical (unpaired) electrons. The molecule has 0 aliphatic rings. The number of nitrogens with one attached hydrogen (secondary N) is 1. The summed E-state index contributed by atoms with van der Waals surface area (Å²) in [5, 5.41) is 17.2. The van der Waals surface area contributed by atoms with Crippen molar-refractivity contribution in [3.05, 3.63) is 79.8 Å². The summed E-state index contributed by atoms with van der Waals surface area (Å²) in [6.45, 7) is 0.864. The second-order valence-electron chi connectivity index (χ2n) is 6.19. The molecular formula is C19H13Cl2FN4O5. The standard InChI is InChI=1S/C19H13Cl2FN4O5/c1-10-17(18(21)25(24-10)12-4-2-11(22)3-5-12)19(28)31-9-16(27)23-15-7-6-13(26(29)30)8-14(15)20/h2-8H,9H2,1H3,(H,23,27). The molecule has 0 atom stereocenters. The SMILES string of the molecule is Cc1nn(-c2ccc(F)cc2)c(Cl)c1C(=O)OCC(=O)Nc1ccc([N+](=O)[O-])cc1Cl. The first-order valence-electron chi connectivity index (χ1n) is 8.59. The minimum absolute atomic E-state index is 0.0478. The van der Waals surface area contributed by atoms with Gasteiger partial charge in [-0.25, -0.2) is 13.9 Å². The van der Waals surface area contributed by atoms with Gasteiger partial charge in [0.1, 0.15) is 16.5 Å². The van der Waals surface area contributed by atoms with Gasteiger partial charge in [-0.15, -0.1) is 0 Å². The minimum atomic E-state index is -0.888. The first kappa shape index (κ1) is 22.2. The zero-order chi connectivity index (χ0) is 22.7. The molecule has 1 heterocycles. The number of hydrogen-bond donors (Lipinski definition) is 1. The molecule has 0 saturated carbocycles. The Bertz CT molecular complexity index is 1180. The fourth-order valence-corrected chi connectivity index (χ4v) is 3.16. The molecule has 0 unspecified atom stereocenters. The van der Waals surface area contributed by atoms with Crippen molar-refractivity contribution in [3.63, 3.8) is 0 Å². The summed E-state index contributed by atoms with van der Waals surface area (Å²) in [4.78, 5) is 34.6. The molecule has 0 fully saturated rings. The van der Waals surface area contributed by atoms with Crippen LogP contribution in [0.15, 0.2) is 42.5 Å². The average molecular weight is 467 g/mol. The van der Waals surface area contributed by atoms with Crippen LogP contribution in [0.5, 0.6) is 0 Å². The third kappa shape index (κ3) is 4.98. The summed E-state index contributed by atoms with van der Waals surface area (Å²) >= 11 is 12.1. The summed E-state index contributed by atoms with van der Waals surface area (Å²) in [5.74, 6) is -2.05. The minimum Gasteiger partial charge on any atom is -0.452 e. The van der Waals surface area contributed by atoms with Crippen molar-refractivity contribution in [1.82, 2.24) is 9.78 Å². The summed E-state index contributed by atoms with van der Waals surface area (Å²) in [5.41, 5.74) is 0.508. The van der Waals surface area contributed by atoms with Gasteiger partial charge in [0.15, 0.2) is 6.61 Å². The van der Waals surface area contributed by atoms with E-state index in [-0.39, 0.29) is 32.8 Å². The zero-order valence-electron chi connectivity index (χ0n) is 15.8. The highest BCUT2D eigenvalue weighted by atomic mass is 35.5. The third-order valence-electron chi connectivity index (χ3n) is 4.05. The number of carbonyl (C=O) groups is 2. The van der Waals surface area contributed by atoms with Crippen LogP contribution < -0.4 is 5.32 Å². The lowest BCUT2D eigenvalue weighted by molar-refractivity contribution is -0.384. The maximum atomic E-state index is 13.1. The van der Waals surface area contributed by atoms with Gasteiger partial charge in [-0.1, -0.05) is 23.2 Å². The number of amides is 1. The van der Waals surface area contributed by atoms with Gasteiger partial charge in [-0.3, -0.25) is 14.9 Å². The molecule has 0 spiro atoms. The highest BCUT2D eigenvalue weighted by Crippen LogP contribution is 2.27. The molecule has 0 bridgehead atoms. The van der Waals surface area contributed by atoms with Crippen molar-refractivity contribution in [3.8, 4) is 5.69 Å². The molecule has 3 rings (SSSR count). The van der Waals surface area contributed by atoms with Crippen LogP contribution in [0, 0.1) is 22.9 Å². The van der Waals surface area contributed by atoms with Crippen LogP contribution in [0.25, 0.3) is 5.69 Å². The van der Waals surface area contributed by atoms with Crippen molar-refractivity contribution in [1.29, 1.82) is 0 Å². The fourth-order valence-electron chi connectivity index (χ4n) is 2.59. The van der Waals surface area contributed by atoms with Gasteiger partial charge >= 0.3 is 5.97 Å². The molecule has 3 aromatic rings. The number of benzene rings is 2. The fraction of sp³-hybridized carbons (Fsp3) is 0.105. The van der Waals surface area contributed by atoms with Crippen LogP contribution in [0.4, 0.5) is 15.8 Å². The van der Waals surface area contributed by atoms with Gasteiger partial charge < -0.3 is 10.1 Å². The van der Waals surface area contributed by atoms with Crippen molar-refractivity contribution < 1.29 is 23.6 Å². The van der Waals surface area contributed by atoms with E-state index in [2.05, 4.69) is 10.4 Å². The average Bonchev–Trinajstić information content (AvgIpc) is 3.02. The van der Waals surface area contributed by atoms with Gasteiger partial charge in [0.25, 0.3) is 11.6 Å². The number of nitro benzene ring substituents is 1. The molecule has 1 amide bonds. The van der Waals surface area contributed by atoms with E-state index >= 15 is 0 Å². The van der Waals surface area contributed by atoms with Crippen molar-refractivity contribution in [2.75, 3.05) is 11.9 Å². The van der Waals surface area contributed by atoms with Crippen LogP contribution in [0.1, 0.15) is 16.1 Å². The Hall–Kier alpha value is -3.50. The van der Waals surface area contributed by atoms with Crippen LogP contribution in [0.3, 0.4) is 0 Å². The molecule has 1 aromatic heterocycles.